The molecule has 1 aromatic heterocycles. The summed E-state index contributed by atoms with van der Waals surface area (Å²) in [5.41, 5.74) is 3.72. The predicted molar refractivity (Wildman–Crippen MR) is 120 cm³/mol. The number of hydrogen-bond donors (Lipinski definition) is 1. The second-order valence-electron chi connectivity index (χ2n) is 8.00. The average Bonchev–Trinajstić information content (AvgIpc) is 3.04. The molecule has 0 aliphatic carbocycles. The molecule has 0 atom stereocenters. The number of carbonyl (C=O) groups excluding carboxylic acids is 1. The van der Waals surface area contributed by atoms with Crippen LogP contribution in [-0.2, 0) is 4.79 Å². The van der Waals surface area contributed by atoms with Crippen molar-refractivity contribution in [2.75, 3.05) is 5.75 Å². The summed E-state index contributed by atoms with van der Waals surface area (Å²) < 4.78 is 1.98. The first-order valence-electron chi connectivity index (χ1n) is 9.37. The van der Waals surface area contributed by atoms with Crippen LogP contribution in [0.5, 0.6) is 0 Å². The van der Waals surface area contributed by atoms with Crippen molar-refractivity contribution in [3.8, 4) is 17.1 Å². The van der Waals surface area contributed by atoms with E-state index in [4.69, 9.17) is 11.6 Å². The maximum Gasteiger partial charge on any atom is 0.230 e. The van der Waals surface area contributed by atoms with Gasteiger partial charge in [0.15, 0.2) is 11.0 Å². The van der Waals surface area contributed by atoms with Gasteiger partial charge in [-0.25, -0.2) is 0 Å². The van der Waals surface area contributed by atoms with Crippen LogP contribution in [0.2, 0.25) is 5.02 Å². The molecule has 1 heterocycles. The molecule has 1 N–H and O–H groups in total. The average molecular weight is 429 g/mol. The van der Waals surface area contributed by atoms with Gasteiger partial charge in [0.05, 0.1) is 16.5 Å². The van der Waals surface area contributed by atoms with Gasteiger partial charge in [-0.1, -0.05) is 47.6 Å². The van der Waals surface area contributed by atoms with Crippen molar-refractivity contribution in [1.82, 2.24) is 20.1 Å². The van der Waals surface area contributed by atoms with Crippen LogP contribution in [0.1, 0.15) is 31.9 Å². The number of carbonyl (C=O) groups is 1. The molecule has 0 bridgehead atoms. The zero-order valence-corrected chi connectivity index (χ0v) is 18.9. The van der Waals surface area contributed by atoms with Gasteiger partial charge in [0.25, 0.3) is 0 Å². The molecule has 0 aliphatic heterocycles. The van der Waals surface area contributed by atoms with Gasteiger partial charge in [0.1, 0.15) is 0 Å². The highest BCUT2D eigenvalue weighted by molar-refractivity contribution is 7.99. The highest BCUT2D eigenvalue weighted by Crippen LogP contribution is 2.33. The van der Waals surface area contributed by atoms with Crippen LogP contribution in [0.4, 0.5) is 0 Å². The van der Waals surface area contributed by atoms with E-state index in [2.05, 4.69) is 33.7 Å². The first-order chi connectivity index (χ1) is 13.7. The maximum atomic E-state index is 12.3. The number of rotatable bonds is 5. The summed E-state index contributed by atoms with van der Waals surface area (Å²) in [6.07, 6.45) is 0. The summed E-state index contributed by atoms with van der Waals surface area (Å²) in [5, 5.41) is 13.0. The topological polar surface area (TPSA) is 59.8 Å². The standard InChI is InChI=1S/C22H25ClN4OS/c1-14-10-11-15(2)18(12-14)27-20(16-8-6-7-9-17(16)23)25-26-21(27)29-13-19(28)24-22(3,4)5/h6-12H,13H2,1-5H3,(H,24,28). The Labute approximate surface area is 180 Å². The third-order valence-electron chi connectivity index (χ3n) is 4.20. The molecule has 7 heteroatoms. The molecule has 2 aromatic carbocycles. The number of aromatic nitrogens is 3. The highest BCUT2D eigenvalue weighted by atomic mass is 35.5. The van der Waals surface area contributed by atoms with Crippen molar-refractivity contribution in [3.63, 3.8) is 0 Å². The van der Waals surface area contributed by atoms with Gasteiger partial charge in [-0.3, -0.25) is 9.36 Å². The fraction of sp³-hybridized carbons (Fsp3) is 0.318. The molecule has 1 amide bonds. The van der Waals surface area contributed by atoms with E-state index in [9.17, 15) is 4.79 Å². The summed E-state index contributed by atoms with van der Waals surface area (Å²) in [7, 11) is 0. The Morgan fingerprint density at radius 3 is 2.55 bits per heavy atom. The lowest BCUT2D eigenvalue weighted by molar-refractivity contribution is -0.119. The minimum Gasteiger partial charge on any atom is -0.351 e. The summed E-state index contributed by atoms with van der Waals surface area (Å²) in [6.45, 7) is 9.98. The number of benzene rings is 2. The zero-order valence-electron chi connectivity index (χ0n) is 17.3. The number of nitrogens with one attached hydrogen (secondary N) is 1. The smallest absolute Gasteiger partial charge is 0.230 e. The molecular formula is C22H25ClN4OS. The Hall–Kier alpha value is -2.31. The zero-order chi connectivity index (χ0) is 21.2. The molecule has 3 aromatic rings. The van der Waals surface area contributed by atoms with Crippen LogP contribution in [0, 0.1) is 13.8 Å². The number of hydrogen-bond acceptors (Lipinski definition) is 4. The van der Waals surface area contributed by atoms with E-state index < -0.39 is 0 Å². The number of thioether (sulfide) groups is 1. The Bertz CT molecular complexity index is 1040. The number of amides is 1. The van der Waals surface area contributed by atoms with Gasteiger partial charge in [-0.15, -0.1) is 10.2 Å². The van der Waals surface area contributed by atoms with Crippen LogP contribution < -0.4 is 5.32 Å². The second-order valence-corrected chi connectivity index (χ2v) is 9.35. The molecule has 0 saturated heterocycles. The van der Waals surface area contributed by atoms with Crippen molar-refractivity contribution >= 4 is 29.3 Å². The third kappa shape index (κ3) is 5.19. The first-order valence-corrected chi connectivity index (χ1v) is 10.7. The monoisotopic (exact) mass is 428 g/mol. The number of nitrogens with zero attached hydrogens (tertiary/aromatic N) is 3. The highest BCUT2D eigenvalue weighted by Gasteiger charge is 2.21. The van der Waals surface area contributed by atoms with E-state index in [-0.39, 0.29) is 17.2 Å². The van der Waals surface area contributed by atoms with Gasteiger partial charge < -0.3 is 5.32 Å². The van der Waals surface area contributed by atoms with E-state index in [1.54, 1.807) is 0 Å². The molecule has 5 nitrogen and oxygen atoms in total. The fourth-order valence-corrected chi connectivity index (χ4v) is 3.91. The van der Waals surface area contributed by atoms with Crippen molar-refractivity contribution in [2.45, 2.75) is 45.3 Å². The molecule has 0 saturated carbocycles. The molecular weight excluding hydrogens is 404 g/mol. The molecule has 29 heavy (non-hydrogen) atoms. The Kier molecular flexibility index (Phi) is 6.34. The van der Waals surface area contributed by atoms with E-state index >= 15 is 0 Å². The third-order valence-corrected chi connectivity index (χ3v) is 5.46. The Morgan fingerprint density at radius 1 is 1.14 bits per heavy atom. The Balaban J connectivity index is 2.05. The lowest BCUT2D eigenvalue weighted by Gasteiger charge is -2.20. The van der Waals surface area contributed by atoms with Crippen LogP contribution in [0.25, 0.3) is 17.1 Å². The largest absolute Gasteiger partial charge is 0.351 e. The molecule has 0 radical (unpaired) electrons. The molecule has 0 spiro atoms. The number of halogens is 1. The van der Waals surface area contributed by atoms with Gasteiger partial charge in [0, 0.05) is 11.1 Å². The van der Waals surface area contributed by atoms with Gasteiger partial charge in [-0.2, -0.15) is 0 Å². The SMILES string of the molecule is Cc1ccc(C)c(-n2c(SCC(=O)NC(C)(C)C)nnc2-c2ccccc2Cl)c1. The molecule has 0 fully saturated rings. The maximum absolute atomic E-state index is 12.3. The summed E-state index contributed by atoms with van der Waals surface area (Å²) in [6, 6.07) is 13.8. The van der Waals surface area contributed by atoms with Crippen LogP contribution in [0.15, 0.2) is 47.6 Å². The van der Waals surface area contributed by atoms with Crippen molar-refractivity contribution in [2.24, 2.45) is 0 Å². The van der Waals surface area contributed by atoms with E-state index in [1.807, 2.05) is 63.5 Å². The van der Waals surface area contributed by atoms with E-state index in [0.29, 0.717) is 16.0 Å². The summed E-state index contributed by atoms with van der Waals surface area (Å²) in [4.78, 5) is 12.3. The first kappa shape index (κ1) is 21.4. The van der Waals surface area contributed by atoms with Gasteiger partial charge in [0.2, 0.25) is 5.91 Å². The second kappa shape index (κ2) is 8.59. The van der Waals surface area contributed by atoms with Crippen molar-refractivity contribution in [3.05, 3.63) is 58.6 Å². The van der Waals surface area contributed by atoms with E-state index in [0.717, 1.165) is 22.4 Å². The summed E-state index contributed by atoms with van der Waals surface area (Å²) >= 11 is 7.81. The lowest BCUT2D eigenvalue weighted by atomic mass is 10.1. The number of aryl methyl sites for hydroxylation is 2. The predicted octanol–water partition coefficient (Wildman–Crippen LogP) is 5.21. The van der Waals surface area contributed by atoms with Crippen LogP contribution in [-0.4, -0.2) is 32.0 Å². The van der Waals surface area contributed by atoms with Gasteiger partial charge in [-0.05, 0) is 63.9 Å². The molecule has 3 rings (SSSR count). The molecule has 0 aliphatic rings. The van der Waals surface area contributed by atoms with Crippen molar-refractivity contribution < 1.29 is 4.79 Å². The van der Waals surface area contributed by atoms with Crippen molar-refractivity contribution in [1.29, 1.82) is 0 Å². The lowest BCUT2D eigenvalue weighted by Crippen LogP contribution is -2.41. The minimum atomic E-state index is -0.277. The minimum absolute atomic E-state index is 0.0442. The van der Waals surface area contributed by atoms with Crippen LogP contribution in [0.3, 0.4) is 0 Å². The van der Waals surface area contributed by atoms with Gasteiger partial charge >= 0.3 is 0 Å². The quantitative estimate of drug-likeness (QED) is 0.566. The fourth-order valence-electron chi connectivity index (χ4n) is 2.94. The van der Waals surface area contributed by atoms with E-state index in [1.165, 1.54) is 11.8 Å². The van der Waals surface area contributed by atoms with Crippen LogP contribution >= 0.6 is 23.4 Å². The molecule has 152 valence electrons. The normalized spacial score (nSPS) is 11.5. The summed E-state index contributed by atoms with van der Waals surface area (Å²) in [5.74, 6) is 0.864. The Morgan fingerprint density at radius 2 is 1.86 bits per heavy atom. The molecule has 0 unspecified atom stereocenters.